The van der Waals surface area contributed by atoms with E-state index in [1.54, 1.807) is 0 Å². The molecule has 0 unspecified atom stereocenters. The number of benzene rings is 1. The van der Waals surface area contributed by atoms with E-state index < -0.39 is 0 Å². The lowest BCUT2D eigenvalue weighted by Gasteiger charge is -2.04. The summed E-state index contributed by atoms with van der Waals surface area (Å²) in [6, 6.07) is 10.0. The second-order valence-electron chi connectivity index (χ2n) is 3.83. The average Bonchev–Trinajstić information content (AvgIpc) is 2.86. The molecule has 2 aromatic rings. The molecule has 0 fully saturated rings. The molecule has 0 bridgehead atoms. The first kappa shape index (κ1) is 12.6. The van der Waals surface area contributed by atoms with Gasteiger partial charge < -0.3 is 4.74 Å². The molecule has 2 rings (SSSR count). The molecule has 0 spiro atoms. The number of hydrogen-bond acceptors (Lipinski definition) is 4. The van der Waals surface area contributed by atoms with Crippen molar-refractivity contribution in [3.8, 4) is 23.1 Å². The van der Waals surface area contributed by atoms with Gasteiger partial charge in [-0.05, 0) is 30.7 Å². The highest BCUT2D eigenvalue weighted by atomic mass is 32.1. The lowest BCUT2D eigenvalue weighted by molar-refractivity contribution is 0.317. The van der Waals surface area contributed by atoms with E-state index in [4.69, 9.17) is 10.00 Å². The summed E-state index contributed by atoms with van der Waals surface area (Å²) in [6.07, 6.45) is 1.38. The quantitative estimate of drug-likeness (QED) is 0.822. The summed E-state index contributed by atoms with van der Waals surface area (Å²) in [4.78, 5) is 4.42. The van der Waals surface area contributed by atoms with E-state index >= 15 is 0 Å². The first-order valence-electron chi connectivity index (χ1n) is 5.88. The van der Waals surface area contributed by atoms with Crippen LogP contribution in [-0.4, -0.2) is 11.6 Å². The fourth-order valence-electron chi connectivity index (χ4n) is 1.53. The van der Waals surface area contributed by atoms with Crippen LogP contribution in [-0.2, 0) is 6.42 Å². The Hall–Kier alpha value is -1.86. The van der Waals surface area contributed by atoms with Crippen LogP contribution in [0.25, 0.3) is 11.3 Å². The van der Waals surface area contributed by atoms with Gasteiger partial charge in [-0.3, -0.25) is 0 Å². The van der Waals surface area contributed by atoms with E-state index in [1.165, 1.54) is 11.3 Å². The molecular weight excluding hydrogens is 244 g/mol. The van der Waals surface area contributed by atoms with Crippen molar-refractivity contribution in [2.24, 2.45) is 0 Å². The van der Waals surface area contributed by atoms with Crippen molar-refractivity contribution in [2.45, 2.75) is 19.8 Å². The van der Waals surface area contributed by atoms with Crippen LogP contribution >= 0.6 is 11.3 Å². The van der Waals surface area contributed by atoms with Gasteiger partial charge in [0.1, 0.15) is 10.8 Å². The molecule has 0 aliphatic rings. The minimum atomic E-state index is 0.377. The van der Waals surface area contributed by atoms with Gasteiger partial charge in [-0.2, -0.15) is 5.26 Å². The normalized spacial score (nSPS) is 10.0. The van der Waals surface area contributed by atoms with Crippen molar-refractivity contribution in [1.29, 1.82) is 5.26 Å². The van der Waals surface area contributed by atoms with Crippen LogP contribution in [0.4, 0.5) is 0 Å². The van der Waals surface area contributed by atoms with E-state index in [1.807, 2.05) is 29.6 Å². The smallest absolute Gasteiger partial charge is 0.119 e. The number of nitrogens with zero attached hydrogens (tertiary/aromatic N) is 2. The predicted molar refractivity (Wildman–Crippen MR) is 72.7 cm³/mol. The van der Waals surface area contributed by atoms with Crippen molar-refractivity contribution in [3.63, 3.8) is 0 Å². The van der Waals surface area contributed by atoms with Gasteiger partial charge in [0.15, 0.2) is 0 Å². The lowest BCUT2D eigenvalue weighted by atomic mass is 10.2. The molecule has 1 aromatic heterocycles. The molecule has 0 atom stereocenters. The second kappa shape index (κ2) is 6.18. The standard InChI is InChI=1S/C14H14N2OS/c1-2-9-17-12-5-3-11(4-6-12)13-10-18-14(16-13)7-8-15/h3-6,10H,2,7,9H2,1H3. The van der Waals surface area contributed by atoms with Gasteiger partial charge in [0, 0.05) is 10.9 Å². The summed E-state index contributed by atoms with van der Waals surface area (Å²) in [6.45, 7) is 2.82. The zero-order chi connectivity index (χ0) is 12.8. The third kappa shape index (κ3) is 3.08. The summed E-state index contributed by atoms with van der Waals surface area (Å²) < 4.78 is 5.53. The summed E-state index contributed by atoms with van der Waals surface area (Å²) in [5.74, 6) is 0.882. The molecular formula is C14H14N2OS. The third-order valence-corrected chi connectivity index (χ3v) is 3.25. The van der Waals surface area contributed by atoms with Gasteiger partial charge in [0.05, 0.1) is 24.8 Å². The topological polar surface area (TPSA) is 45.9 Å². The van der Waals surface area contributed by atoms with E-state index in [-0.39, 0.29) is 0 Å². The molecule has 92 valence electrons. The van der Waals surface area contributed by atoms with E-state index in [2.05, 4.69) is 18.0 Å². The first-order chi connectivity index (χ1) is 8.83. The van der Waals surface area contributed by atoms with Crippen molar-refractivity contribution in [3.05, 3.63) is 34.7 Å². The van der Waals surface area contributed by atoms with Crippen molar-refractivity contribution >= 4 is 11.3 Å². The Balaban J connectivity index is 2.10. The van der Waals surface area contributed by atoms with Crippen molar-refractivity contribution in [2.75, 3.05) is 6.61 Å². The minimum Gasteiger partial charge on any atom is -0.494 e. The first-order valence-corrected chi connectivity index (χ1v) is 6.76. The predicted octanol–water partition coefficient (Wildman–Crippen LogP) is 3.66. The van der Waals surface area contributed by atoms with Crippen molar-refractivity contribution < 1.29 is 4.74 Å². The highest BCUT2D eigenvalue weighted by molar-refractivity contribution is 7.10. The maximum Gasteiger partial charge on any atom is 0.119 e. The molecule has 0 saturated heterocycles. The fraction of sp³-hybridized carbons (Fsp3) is 0.286. The van der Waals surface area contributed by atoms with Gasteiger partial charge in [0.2, 0.25) is 0 Å². The molecule has 3 nitrogen and oxygen atoms in total. The Bertz CT molecular complexity index is 540. The molecule has 0 aliphatic carbocycles. The molecule has 0 N–H and O–H groups in total. The SMILES string of the molecule is CCCOc1ccc(-c2csc(CC#N)n2)cc1. The molecule has 0 amide bonds. The van der Waals surface area contributed by atoms with Gasteiger partial charge in [-0.1, -0.05) is 6.92 Å². The number of hydrogen-bond donors (Lipinski definition) is 0. The van der Waals surface area contributed by atoms with E-state index in [0.29, 0.717) is 6.42 Å². The number of ether oxygens (including phenoxy) is 1. The zero-order valence-corrected chi connectivity index (χ0v) is 11.0. The minimum absolute atomic E-state index is 0.377. The monoisotopic (exact) mass is 258 g/mol. The van der Waals surface area contributed by atoms with Crippen LogP contribution in [0.1, 0.15) is 18.4 Å². The van der Waals surface area contributed by atoms with Gasteiger partial charge in [-0.15, -0.1) is 11.3 Å². The van der Waals surface area contributed by atoms with Crippen LogP contribution in [0, 0.1) is 11.3 Å². The second-order valence-corrected chi connectivity index (χ2v) is 4.78. The largest absolute Gasteiger partial charge is 0.494 e. The summed E-state index contributed by atoms with van der Waals surface area (Å²) in [5, 5.41) is 11.5. The highest BCUT2D eigenvalue weighted by Gasteiger charge is 2.04. The Morgan fingerprint density at radius 2 is 2.11 bits per heavy atom. The molecule has 0 radical (unpaired) electrons. The molecule has 18 heavy (non-hydrogen) atoms. The Morgan fingerprint density at radius 1 is 1.33 bits per heavy atom. The van der Waals surface area contributed by atoms with Gasteiger partial charge in [-0.25, -0.2) is 4.98 Å². The molecule has 1 heterocycles. The number of thiazole rings is 1. The Morgan fingerprint density at radius 3 is 2.78 bits per heavy atom. The molecule has 0 saturated carbocycles. The van der Waals surface area contributed by atoms with Gasteiger partial charge in [0.25, 0.3) is 0 Å². The van der Waals surface area contributed by atoms with Crippen LogP contribution < -0.4 is 4.74 Å². The molecule has 0 aliphatic heterocycles. The summed E-state index contributed by atoms with van der Waals surface area (Å²) in [7, 11) is 0. The number of nitriles is 1. The third-order valence-electron chi connectivity index (χ3n) is 2.40. The average molecular weight is 258 g/mol. The number of rotatable bonds is 5. The van der Waals surface area contributed by atoms with Gasteiger partial charge >= 0.3 is 0 Å². The summed E-state index contributed by atoms with van der Waals surface area (Å²) in [5.41, 5.74) is 1.98. The zero-order valence-electron chi connectivity index (χ0n) is 10.2. The molecule has 1 aromatic carbocycles. The van der Waals surface area contributed by atoms with Crippen LogP contribution in [0.15, 0.2) is 29.6 Å². The van der Waals surface area contributed by atoms with Crippen LogP contribution in [0.3, 0.4) is 0 Å². The lowest BCUT2D eigenvalue weighted by Crippen LogP contribution is -1.94. The highest BCUT2D eigenvalue weighted by Crippen LogP contribution is 2.24. The maximum atomic E-state index is 8.62. The fourth-order valence-corrected chi connectivity index (χ4v) is 2.27. The maximum absolute atomic E-state index is 8.62. The van der Waals surface area contributed by atoms with E-state index in [9.17, 15) is 0 Å². The van der Waals surface area contributed by atoms with Crippen molar-refractivity contribution in [1.82, 2.24) is 4.98 Å². The Kier molecular flexibility index (Phi) is 4.32. The number of aromatic nitrogens is 1. The Labute approximate surface area is 111 Å². The van der Waals surface area contributed by atoms with Crippen LogP contribution in [0.5, 0.6) is 5.75 Å². The van der Waals surface area contributed by atoms with E-state index in [0.717, 1.165) is 35.0 Å². The molecule has 4 heteroatoms. The van der Waals surface area contributed by atoms with Crippen LogP contribution in [0.2, 0.25) is 0 Å². The summed E-state index contributed by atoms with van der Waals surface area (Å²) >= 11 is 1.52.